The molecule has 1 aliphatic carbocycles. The molecule has 0 saturated carbocycles. The molecule has 0 saturated heterocycles. The lowest BCUT2D eigenvalue weighted by Crippen LogP contribution is -2.04. The number of hydrogen-bond donors (Lipinski definition) is 0. The van der Waals surface area contributed by atoms with Crippen molar-refractivity contribution in [3.8, 4) is 44.5 Å². The molecule has 0 N–H and O–H groups in total. The van der Waals surface area contributed by atoms with Crippen LogP contribution in [0.25, 0.3) is 98.4 Å². The van der Waals surface area contributed by atoms with Gasteiger partial charge in [0, 0.05) is 5.92 Å². The Labute approximate surface area is 357 Å². The minimum atomic E-state index is 0.252. The summed E-state index contributed by atoms with van der Waals surface area (Å²) in [6.45, 7) is 6.20. The lowest BCUT2D eigenvalue weighted by Gasteiger charge is -2.25. The van der Waals surface area contributed by atoms with Crippen molar-refractivity contribution in [1.29, 1.82) is 0 Å². The normalized spacial score (nSPS) is 14.3. The number of hydrogen-bond acceptors (Lipinski definition) is 0. The summed E-state index contributed by atoms with van der Waals surface area (Å²) in [4.78, 5) is 0. The van der Waals surface area contributed by atoms with E-state index in [2.05, 4.69) is 226 Å². The van der Waals surface area contributed by atoms with E-state index in [0.29, 0.717) is 0 Å². The van der Waals surface area contributed by atoms with Crippen LogP contribution in [0.15, 0.2) is 236 Å². The molecule has 0 amide bonds. The number of benzene rings is 10. The summed E-state index contributed by atoms with van der Waals surface area (Å²) in [5.41, 5.74) is 13.8. The zero-order valence-corrected chi connectivity index (χ0v) is 34.3. The molecular weight excluding hydrogens is 733 g/mol. The molecular formula is C61H44. The van der Waals surface area contributed by atoms with Crippen LogP contribution >= 0.6 is 0 Å². The predicted octanol–water partition coefficient (Wildman–Crippen LogP) is 17.2. The molecule has 288 valence electrons. The second kappa shape index (κ2) is 15.2. The summed E-state index contributed by atoms with van der Waals surface area (Å²) < 4.78 is 0. The third kappa shape index (κ3) is 6.23. The lowest BCUT2D eigenvalue weighted by molar-refractivity contribution is 0.856. The van der Waals surface area contributed by atoms with E-state index in [9.17, 15) is 0 Å². The minimum absolute atomic E-state index is 0.252. The van der Waals surface area contributed by atoms with Gasteiger partial charge >= 0.3 is 0 Å². The molecule has 1 atom stereocenters. The molecule has 10 aromatic rings. The van der Waals surface area contributed by atoms with E-state index >= 15 is 0 Å². The second-order valence-corrected chi connectivity index (χ2v) is 16.3. The molecule has 0 bridgehead atoms. The fraction of sp³-hybridized carbons (Fsp3) is 0.0492. The molecule has 0 heteroatoms. The van der Waals surface area contributed by atoms with Crippen LogP contribution in [0.3, 0.4) is 0 Å². The monoisotopic (exact) mass is 776 g/mol. The van der Waals surface area contributed by atoms with Gasteiger partial charge in [-0.3, -0.25) is 0 Å². The third-order valence-electron chi connectivity index (χ3n) is 12.8. The first-order valence-electron chi connectivity index (χ1n) is 21.4. The first kappa shape index (κ1) is 36.5. The van der Waals surface area contributed by atoms with Gasteiger partial charge in [-0.2, -0.15) is 0 Å². The first-order chi connectivity index (χ1) is 30.2. The Kier molecular flexibility index (Phi) is 9.13. The zero-order valence-electron chi connectivity index (χ0n) is 34.3. The van der Waals surface area contributed by atoms with Gasteiger partial charge in [0.05, 0.1) is 0 Å². The number of allylic oxidation sites excluding steroid dienone is 7. The minimum Gasteiger partial charge on any atom is -0.0985 e. The fourth-order valence-corrected chi connectivity index (χ4v) is 10.2. The summed E-state index contributed by atoms with van der Waals surface area (Å²) >= 11 is 0. The first-order valence-corrected chi connectivity index (χ1v) is 21.4. The predicted molar refractivity (Wildman–Crippen MR) is 264 cm³/mol. The van der Waals surface area contributed by atoms with Gasteiger partial charge in [-0.05, 0) is 147 Å². The van der Waals surface area contributed by atoms with E-state index < -0.39 is 0 Å². The highest BCUT2D eigenvalue weighted by Gasteiger charge is 2.23. The Balaban J connectivity index is 1.06. The van der Waals surface area contributed by atoms with Crippen LogP contribution in [-0.4, -0.2) is 0 Å². The van der Waals surface area contributed by atoms with Crippen molar-refractivity contribution in [2.24, 2.45) is 0 Å². The third-order valence-corrected chi connectivity index (χ3v) is 12.8. The van der Waals surface area contributed by atoms with E-state index in [1.807, 2.05) is 6.08 Å². The summed E-state index contributed by atoms with van der Waals surface area (Å²) in [5, 5.41) is 12.7. The molecule has 0 heterocycles. The van der Waals surface area contributed by atoms with Gasteiger partial charge in [0.25, 0.3) is 0 Å². The highest BCUT2D eigenvalue weighted by molar-refractivity contribution is 6.22. The highest BCUT2D eigenvalue weighted by Crippen LogP contribution is 2.47. The van der Waals surface area contributed by atoms with Crippen molar-refractivity contribution in [2.75, 3.05) is 0 Å². The van der Waals surface area contributed by atoms with E-state index in [4.69, 9.17) is 0 Å². The molecule has 1 unspecified atom stereocenters. The second-order valence-electron chi connectivity index (χ2n) is 16.3. The van der Waals surface area contributed by atoms with Crippen molar-refractivity contribution in [1.82, 2.24) is 0 Å². The highest BCUT2D eigenvalue weighted by atomic mass is 14.3. The van der Waals surface area contributed by atoms with Crippen LogP contribution in [0.2, 0.25) is 0 Å². The molecule has 0 radical (unpaired) electrons. The smallest absolute Gasteiger partial charge is 0.00743 e. The van der Waals surface area contributed by atoms with Crippen molar-refractivity contribution in [2.45, 2.75) is 19.3 Å². The van der Waals surface area contributed by atoms with Gasteiger partial charge in [-0.15, -0.1) is 0 Å². The maximum absolute atomic E-state index is 4.11. The summed E-state index contributed by atoms with van der Waals surface area (Å²) in [5.74, 6) is 0.252. The Bertz CT molecular complexity index is 3360. The topological polar surface area (TPSA) is 0 Å². The fourth-order valence-electron chi connectivity index (χ4n) is 10.2. The molecule has 0 fully saturated rings. The Morgan fingerprint density at radius 1 is 0.410 bits per heavy atom. The van der Waals surface area contributed by atoms with Crippen molar-refractivity contribution in [3.63, 3.8) is 0 Å². The number of rotatable bonds is 7. The molecule has 0 aliphatic heterocycles. The Morgan fingerprint density at radius 3 is 1.33 bits per heavy atom. The van der Waals surface area contributed by atoms with Crippen LogP contribution in [0, 0.1) is 0 Å². The Morgan fingerprint density at radius 2 is 0.836 bits per heavy atom. The van der Waals surface area contributed by atoms with Crippen LogP contribution in [0.1, 0.15) is 24.8 Å². The number of fused-ring (bicyclic) bond motifs is 5. The van der Waals surface area contributed by atoms with Crippen LogP contribution < -0.4 is 0 Å². The van der Waals surface area contributed by atoms with E-state index in [1.165, 1.54) is 115 Å². The molecule has 1 aliphatic rings. The van der Waals surface area contributed by atoms with E-state index in [0.717, 1.165) is 6.42 Å². The molecule has 0 nitrogen and oxygen atoms in total. The van der Waals surface area contributed by atoms with E-state index in [-0.39, 0.29) is 5.92 Å². The SMILES string of the molecule is C=CC1=CCC(c2c3ccccc3c(-c3cccc(-c4cccc(-c5c6ccccc6c(-c6ccc7ccccc7c6)c6ccccc56)c4)c3)c3ccccc23)C=C1/C=C\C. The maximum atomic E-state index is 4.11. The van der Waals surface area contributed by atoms with Gasteiger partial charge in [-0.25, -0.2) is 0 Å². The molecule has 10 aromatic carbocycles. The molecule has 0 spiro atoms. The summed E-state index contributed by atoms with van der Waals surface area (Å²) in [6.07, 6.45) is 12.1. The van der Waals surface area contributed by atoms with Crippen LogP contribution in [0.5, 0.6) is 0 Å². The average molecular weight is 777 g/mol. The van der Waals surface area contributed by atoms with Crippen molar-refractivity contribution < 1.29 is 0 Å². The quantitative estimate of drug-likeness (QED) is 0.141. The van der Waals surface area contributed by atoms with E-state index in [1.54, 1.807) is 0 Å². The van der Waals surface area contributed by atoms with Crippen molar-refractivity contribution in [3.05, 3.63) is 242 Å². The van der Waals surface area contributed by atoms with Gasteiger partial charge in [0.1, 0.15) is 0 Å². The van der Waals surface area contributed by atoms with Gasteiger partial charge < -0.3 is 0 Å². The molecule has 61 heavy (non-hydrogen) atoms. The molecule has 0 aromatic heterocycles. The Hall–Kier alpha value is -7.54. The summed E-state index contributed by atoms with van der Waals surface area (Å²) in [7, 11) is 0. The van der Waals surface area contributed by atoms with Gasteiger partial charge in [-0.1, -0.05) is 207 Å². The molecule has 11 rings (SSSR count). The van der Waals surface area contributed by atoms with Gasteiger partial charge in [0.2, 0.25) is 0 Å². The van der Waals surface area contributed by atoms with Crippen LogP contribution in [-0.2, 0) is 0 Å². The van der Waals surface area contributed by atoms with Gasteiger partial charge in [0.15, 0.2) is 0 Å². The zero-order chi connectivity index (χ0) is 40.9. The standard InChI is InChI=1S/C61H44/c1-3-17-42-36-48(34-32-40(42)4-2)60-54-28-11-7-24-50(54)58(51-25-8-12-29-55(51)60)46-22-15-20-44(38-46)45-21-16-23-47(39-45)59-52-26-9-13-30-56(52)61(57-31-14-10-27-53(57)59)49-35-33-41-18-5-6-19-43(41)37-49/h3-33,35-39,48H,2,34H2,1H3/b17-3-. The lowest BCUT2D eigenvalue weighted by atomic mass is 9.79. The average Bonchev–Trinajstić information content (AvgIpc) is 3.32. The van der Waals surface area contributed by atoms with Crippen molar-refractivity contribution >= 4 is 53.9 Å². The van der Waals surface area contributed by atoms with Crippen LogP contribution in [0.4, 0.5) is 0 Å². The summed E-state index contributed by atoms with van der Waals surface area (Å²) in [6, 6.07) is 69.8. The largest absolute Gasteiger partial charge is 0.0985 e. The maximum Gasteiger partial charge on any atom is 0.00743 e.